The van der Waals surface area contributed by atoms with Crippen LogP contribution < -0.4 is 5.73 Å². The Balaban J connectivity index is 2.10. The number of hydrogen-bond acceptors (Lipinski definition) is 3. The van der Waals surface area contributed by atoms with Gasteiger partial charge in [0.15, 0.2) is 0 Å². The molecule has 1 aliphatic carbocycles. The second-order valence-electron chi connectivity index (χ2n) is 4.15. The van der Waals surface area contributed by atoms with Gasteiger partial charge in [-0.15, -0.1) is 11.3 Å². The maximum absolute atomic E-state index is 6.14. The quantitative estimate of drug-likeness (QED) is 0.886. The molecule has 0 spiro atoms. The van der Waals surface area contributed by atoms with E-state index in [0.717, 1.165) is 16.5 Å². The van der Waals surface area contributed by atoms with Gasteiger partial charge < -0.3 is 5.73 Å². The number of nitrogens with two attached hydrogens (primary N) is 1. The van der Waals surface area contributed by atoms with E-state index in [1.807, 2.05) is 0 Å². The largest absolute Gasteiger partial charge is 0.330 e. The highest BCUT2D eigenvalue weighted by Crippen LogP contribution is 2.37. The van der Waals surface area contributed by atoms with E-state index in [9.17, 15) is 0 Å². The van der Waals surface area contributed by atoms with Gasteiger partial charge in [0.05, 0.1) is 10.7 Å². The Kier molecular flexibility index (Phi) is 4.00. The molecule has 0 bridgehead atoms. The molecule has 2 rings (SSSR count). The Morgan fingerprint density at radius 2 is 2.07 bits per heavy atom. The summed E-state index contributed by atoms with van der Waals surface area (Å²) in [6.45, 7) is 0.633. The number of rotatable bonds is 3. The van der Waals surface area contributed by atoms with Crippen molar-refractivity contribution in [2.45, 2.75) is 44.4 Å². The first-order valence-corrected chi connectivity index (χ1v) is 6.86. The van der Waals surface area contributed by atoms with Crippen molar-refractivity contribution in [2.75, 3.05) is 6.54 Å². The fourth-order valence-electron chi connectivity index (χ4n) is 2.17. The van der Waals surface area contributed by atoms with Gasteiger partial charge in [0.25, 0.3) is 0 Å². The molecule has 1 saturated carbocycles. The average molecular weight is 245 g/mol. The summed E-state index contributed by atoms with van der Waals surface area (Å²) in [5, 5.41) is 1.24. The van der Waals surface area contributed by atoms with Gasteiger partial charge >= 0.3 is 0 Å². The fourth-order valence-corrected chi connectivity index (χ4v) is 3.55. The van der Waals surface area contributed by atoms with Crippen LogP contribution >= 0.6 is 22.9 Å². The lowest BCUT2D eigenvalue weighted by atomic mass is 9.90. The summed E-state index contributed by atoms with van der Waals surface area (Å²) in [6, 6.07) is 0. The molecule has 0 radical (unpaired) electrons. The molecular formula is C11H17ClN2S. The van der Waals surface area contributed by atoms with E-state index < -0.39 is 0 Å². The van der Waals surface area contributed by atoms with Crippen molar-refractivity contribution >= 4 is 22.9 Å². The molecule has 0 aliphatic heterocycles. The first-order valence-electron chi connectivity index (χ1n) is 5.66. The number of thiazole rings is 1. The Hall–Kier alpha value is -0.120. The normalized spacial score (nSPS) is 18.3. The number of halogens is 1. The lowest BCUT2D eigenvalue weighted by Gasteiger charge is -2.18. The highest BCUT2D eigenvalue weighted by molar-refractivity contribution is 7.16. The van der Waals surface area contributed by atoms with E-state index in [0.29, 0.717) is 12.5 Å². The fraction of sp³-hybridized carbons (Fsp3) is 0.727. The third kappa shape index (κ3) is 2.71. The van der Waals surface area contributed by atoms with Gasteiger partial charge in [0, 0.05) is 12.3 Å². The summed E-state index contributed by atoms with van der Waals surface area (Å²) in [6.07, 6.45) is 7.44. The third-order valence-electron chi connectivity index (χ3n) is 3.00. The molecule has 1 aromatic rings. The minimum absolute atomic E-state index is 0.633. The van der Waals surface area contributed by atoms with Crippen LogP contribution in [0, 0.1) is 0 Å². The Bertz CT molecular complexity index is 318. The van der Waals surface area contributed by atoms with Gasteiger partial charge in [-0.25, -0.2) is 4.98 Å². The van der Waals surface area contributed by atoms with Crippen LogP contribution in [0.3, 0.4) is 0 Å². The summed E-state index contributed by atoms with van der Waals surface area (Å²) in [5.41, 5.74) is 6.53. The van der Waals surface area contributed by atoms with Crippen molar-refractivity contribution in [1.29, 1.82) is 0 Å². The number of nitrogens with zero attached hydrogens (tertiary/aromatic N) is 1. The van der Waals surface area contributed by atoms with Crippen molar-refractivity contribution in [1.82, 2.24) is 4.98 Å². The van der Waals surface area contributed by atoms with Crippen LogP contribution in [0.5, 0.6) is 0 Å². The third-order valence-corrected chi connectivity index (χ3v) is 4.50. The molecule has 0 aromatic carbocycles. The molecule has 1 heterocycles. The Morgan fingerprint density at radius 1 is 1.33 bits per heavy atom. The molecule has 1 aromatic heterocycles. The van der Waals surface area contributed by atoms with Crippen molar-refractivity contribution in [2.24, 2.45) is 5.73 Å². The number of hydrogen-bond donors (Lipinski definition) is 1. The van der Waals surface area contributed by atoms with Crippen LogP contribution in [-0.2, 0) is 6.42 Å². The van der Waals surface area contributed by atoms with Crippen LogP contribution in [0.1, 0.15) is 48.7 Å². The molecule has 15 heavy (non-hydrogen) atoms. The molecule has 84 valence electrons. The zero-order valence-electron chi connectivity index (χ0n) is 8.84. The van der Waals surface area contributed by atoms with Crippen LogP contribution in [0.25, 0.3) is 0 Å². The van der Waals surface area contributed by atoms with Crippen molar-refractivity contribution < 1.29 is 0 Å². The van der Waals surface area contributed by atoms with E-state index in [1.54, 1.807) is 11.3 Å². The van der Waals surface area contributed by atoms with Gasteiger partial charge in [-0.05, 0) is 19.4 Å². The van der Waals surface area contributed by atoms with E-state index in [2.05, 4.69) is 4.98 Å². The molecule has 0 saturated heterocycles. The highest BCUT2D eigenvalue weighted by Gasteiger charge is 2.20. The predicted octanol–water partition coefficient (Wildman–Crippen LogP) is 3.35. The van der Waals surface area contributed by atoms with E-state index in [1.165, 1.54) is 37.1 Å². The lowest BCUT2D eigenvalue weighted by Crippen LogP contribution is -2.06. The SMILES string of the molecule is NCCc1nc(C2CCCCC2)sc1Cl. The van der Waals surface area contributed by atoms with Gasteiger partial charge in [-0.1, -0.05) is 30.9 Å². The molecule has 0 atom stereocenters. The first-order chi connectivity index (χ1) is 7.31. The summed E-state index contributed by atoms with van der Waals surface area (Å²) in [7, 11) is 0. The van der Waals surface area contributed by atoms with Crippen molar-refractivity contribution in [3.05, 3.63) is 15.0 Å². The van der Waals surface area contributed by atoms with Gasteiger partial charge in [-0.2, -0.15) is 0 Å². The zero-order chi connectivity index (χ0) is 10.7. The Morgan fingerprint density at radius 3 is 2.73 bits per heavy atom. The topological polar surface area (TPSA) is 38.9 Å². The van der Waals surface area contributed by atoms with Crippen LogP contribution in [0.15, 0.2) is 0 Å². The lowest BCUT2D eigenvalue weighted by molar-refractivity contribution is 0.442. The summed E-state index contributed by atoms with van der Waals surface area (Å²) in [4.78, 5) is 4.63. The van der Waals surface area contributed by atoms with E-state index >= 15 is 0 Å². The highest BCUT2D eigenvalue weighted by atomic mass is 35.5. The molecular weight excluding hydrogens is 228 g/mol. The minimum Gasteiger partial charge on any atom is -0.330 e. The molecule has 2 N–H and O–H groups in total. The smallest absolute Gasteiger partial charge is 0.116 e. The summed E-state index contributed by atoms with van der Waals surface area (Å²) >= 11 is 7.80. The second-order valence-corrected chi connectivity index (χ2v) is 5.78. The minimum atomic E-state index is 0.633. The van der Waals surface area contributed by atoms with E-state index in [-0.39, 0.29) is 0 Å². The standard InChI is InChI=1S/C11H17ClN2S/c12-10-9(6-7-13)14-11(15-10)8-4-2-1-3-5-8/h8H,1-7,13H2. The Labute approximate surface area is 99.8 Å². The van der Waals surface area contributed by atoms with Crippen LogP contribution in [-0.4, -0.2) is 11.5 Å². The zero-order valence-corrected chi connectivity index (χ0v) is 10.4. The van der Waals surface area contributed by atoms with E-state index in [4.69, 9.17) is 17.3 Å². The molecule has 1 fully saturated rings. The van der Waals surface area contributed by atoms with Crippen LogP contribution in [0.4, 0.5) is 0 Å². The molecule has 0 amide bonds. The van der Waals surface area contributed by atoms with Crippen molar-refractivity contribution in [3.8, 4) is 0 Å². The van der Waals surface area contributed by atoms with Crippen molar-refractivity contribution in [3.63, 3.8) is 0 Å². The maximum atomic E-state index is 6.14. The average Bonchev–Trinajstić information content (AvgIpc) is 2.63. The van der Waals surface area contributed by atoms with Crippen LogP contribution in [0.2, 0.25) is 4.34 Å². The predicted molar refractivity (Wildman–Crippen MR) is 65.7 cm³/mol. The molecule has 4 heteroatoms. The maximum Gasteiger partial charge on any atom is 0.116 e. The summed E-state index contributed by atoms with van der Waals surface area (Å²) < 4.78 is 0.848. The number of aromatic nitrogens is 1. The monoisotopic (exact) mass is 244 g/mol. The molecule has 1 aliphatic rings. The molecule has 2 nitrogen and oxygen atoms in total. The van der Waals surface area contributed by atoms with Gasteiger partial charge in [-0.3, -0.25) is 0 Å². The first kappa shape index (κ1) is 11.4. The second kappa shape index (κ2) is 5.28. The molecule has 0 unspecified atom stereocenters. The van der Waals surface area contributed by atoms with Gasteiger partial charge in [0.1, 0.15) is 4.34 Å². The van der Waals surface area contributed by atoms with Gasteiger partial charge in [0.2, 0.25) is 0 Å². The summed E-state index contributed by atoms with van der Waals surface area (Å²) in [5.74, 6) is 0.660.